The number of hydrogen-bond acceptors (Lipinski definition) is 1. The summed E-state index contributed by atoms with van der Waals surface area (Å²) in [7, 11) is 5.78. The molecular formula is HCl2FeS. The normalized spacial score (nSPS) is 4.50. The molecule has 0 nitrogen and oxygen atoms in total. The van der Waals surface area contributed by atoms with Crippen LogP contribution in [0.15, 0.2) is 0 Å². The van der Waals surface area contributed by atoms with Crippen LogP contribution in [0.25, 0.3) is 0 Å². The van der Waals surface area contributed by atoms with Gasteiger partial charge in [-0.15, -0.1) is 12.4 Å². The van der Waals surface area contributed by atoms with Crippen molar-refractivity contribution in [2.45, 2.75) is 0 Å². The van der Waals surface area contributed by atoms with E-state index in [0.717, 1.165) is 9.39 Å². The van der Waals surface area contributed by atoms with Crippen LogP contribution in [0, 0.1) is 0 Å². The van der Waals surface area contributed by atoms with Gasteiger partial charge < -0.3 is 0 Å². The Morgan fingerprint density at radius 1 is 1.75 bits per heavy atom. The molecule has 0 radical (unpaired) electrons. The molecule has 0 spiro atoms. The van der Waals surface area contributed by atoms with Crippen LogP contribution in [0.3, 0.4) is 0 Å². The topological polar surface area (TPSA) is 0 Å². The second kappa shape index (κ2) is 8.82. The van der Waals surface area contributed by atoms with E-state index < -0.39 is 0 Å². The Balaban J connectivity index is 0. The summed E-state index contributed by atoms with van der Waals surface area (Å²) in [6.45, 7) is 0. The summed E-state index contributed by atoms with van der Waals surface area (Å²) in [6.07, 6.45) is 0. The van der Waals surface area contributed by atoms with Gasteiger partial charge in [0, 0.05) is 0 Å². The van der Waals surface area contributed by atoms with E-state index in [1.165, 1.54) is 0 Å². The minimum absolute atomic E-state index is 0. The van der Waals surface area contributed by atoms with Gasteiger partial charge in [0.25, 0.3) is 0 Å². The van der Waals surface area contributed by atoms with Crippen molar-refractivity contribution in [3.8, 4) is 0 Å². The molecule has 0 aliphatic carbocycles. The molecule has 0 atom stereocenters. The first kappa shape index (κ1) is 9.07. The third-order valence-electron chi connectivity index (χ3n) is 0. The molecule has 0 saturated heterocycles. The molecule has 0 aliphatic rings. The zero-order valence-electron chi connectivity index (χ0n) is 1.55. The molecule has 0 N–H and O–H groups in total. The second-order valence-electron chi connectivity index (χ2n) is 0.0546. The van der Waals surface area contributed by atoms with E-state index in [2.05, 4.69) is 14.9 Å². The Bertz CT molecular complexity index is 6.00. The molecule has 0 unspecified atom stereocenters. The van der Waals surface area contributed by atoms with E-state index in [1.54, 1.807) is 0 Å². The number of halogens is 2. The molecule has 0 bridgehead atoms. The second-order valence-corrected chi connectivity index (χ2v) is 2.02. The quantitative estimate of drug-likeness (QED) is 0.486. The van der Waals surface area contributed by atoms with Crippen LogP contribution >= 0.6 is 32.5 Å². The average molecular weight is 160 g/mol. The van der Waals surface area contributed by atoms with E-state index in [4.69, 9.17) is 10.7 Å². The van der Waals surface area contributed by atoms with Crippen molar-refractivity contribution in [2.24, 2.45) is 0 Å². The molecule has 0 amide bonds. The summed E-state index contributed by atoms with van der Waals surface area (Å²) in [4.78, 5) is 0. The Morgan fingerprint density at radius 2 is 1.75 bits per heavy atom. The van der Waals surface area contributed by atoms with Crippen molar-refractivity contribution in [1.29, 1.82) is 0 Å². The van der Waals surface area contributed by atoms with Crippen LogP contribution in [0.5, 0.6) is 0 Å². The van der Waals surface area contributed by atoms with Gasteiger partial charge >= 0.3 is 35.0 Å². The van der Waals surface area contributed by atoms with Crippen molar-refractivity contribution in [1.82, 2.24) is 0 Å². The minimum atomic E-state index is 0. The van der Waals surface area contributed by atoms with Gasteiger partial charge in [0.2, 0.25) is 0 Å². The van der Waals surface area contributed by atoms with Gasteiger partial charge in [-0.1, -0.05) is 0 Å². The molecule has 0 fully saturated rings. The van der Waals surface area contributed by atoms with Crippen molar-refractivity contribution in [3.05, 3.63) is 0 Å². The maximum atomic E-state index is 4.80. The summed E-state index contributed by atoms with van der Waals surface area (Å²) >= 11 is 3.17. The molecule has 29 valence electrons. The molecule has 0 aromatic rings. The summed E-state index contributed by atoms with van der Waals surface area (Å²) in [5.41, 5.74) is 0. The molecular weight excluding hydrogens is 159 g/mol. The average Bonchev–Trinajstić information content (AvgIpc) is 0.918. The van der Waals surface area contributed by atoms with Crippen molar-refractivity contribution >= 4 is 32.5 Å². The van der Waals surface area contributed by atoms with Gasteiger partial charge in [0.05, 0.1) is 0 Å². The van der Waals surface area contributed by atoms with Gasteiger partial charge in [-0.3, -0.25) is 0 Å². The fraction of sp³-hybridized carbons (Fsp3) is 0. The summed E-state index contributed by atoms with van der Waals surface area (Å²) < 4.78 is 0. The van der Waals surface area contributed by atoms with E-state index in [1.807, 2.05) is 0 Å². The molecule has 4 heteroatoms. The van der Waals surface area contributed by atoms with Crippen LogP contribution in [-0.4, -0.2) is 0 Å². The van der Waals surface area contributed by atoms with E-state index in [0.29, 0.717) is 0 Å². The standard InChI is InChI=1S/ClS.ClH.Fe/c1-2;;/h;1H;/q-1;;+1. The summed E-state index contributed by atoms with van der Waals surface area (Å²) in [5.74, 6) is 0. The van der Waals surface area contributed by atoms with Crippen molar-refractivity contribution < 1.29 is 14.9 Å². The van der Waals surface area contributed by atoms with Gasteiger partial charge in [-0.25, -0.2) is 0 Å². The molecule has 0 rings (SSSR count). The first-order chi connectivity index (χ1) is 1.41. The zero-order valence-corrected chi connectivity index (χ0v) is 5.04. The Labute approximate surface area is 47.5 Å². The van der Waals surface area contributed by atoms with Crippen molar-refractivity contribution in [2.75, 3.05) is 0 Å². The Kier molecular flexibility index (Phi) is 20.0. The van der Waals surface area contributed by atoms with Crippen LogP contribution < -0.4 is 0 Å². The fourth-order valence-electron chi connectivity index (χ4n) is 0. The predicted molar refractivity (Wildman–Crippen MR) is 20.7 cm³/mol. The van der Waals surface area contributed by atoms with Crippen LogP contribution in [0.2, 0.25) is 0 Å². The van der Waals surface area contributed by atoms with Crippen LogP contribution in [0.1, 0.15) is 0 Å². The van der Waals surface area contributed by atoms with Crippen LogP contribution in [0.4, 0.5) is 0 Å². The third kappa shape index (κ3) is 9.85. The zero-order chi connectivity index (χ0) is 2.71. The van der Waals surface area contributed by atoms with Gasteiger partial charge in [-0.2, -0.15) is 0 Å². The van der Waals surface area contributed by atoms with E-state index in [-0.39, 0.29) is 12.4 Å². The number of rotatable bonds is 0. The Morgan fingerprint density at radius 3 is 1.75 bits per heavy atom. The van der Waals surface area contributed by atoms with Gasteiger partial charge in [-0.05, 0) is 0 Å². The molecule has 0 aliphatic heterocycles. The van der Waals surface area contributed by atoms with Crippen molar-refractivity contribution in [3.63, 3.8) is 0 Å². The monoisotopic (exact) mass is 159 g/mol. The first-order valence-corrected chi connectivity index (χ1v) is 3.17. The fourth-order valence-corrected chi connectivity index (χ4v) is 0. The molecule has 0 aromatic heterocycles. The van der Waals surface area contributed by atoms with Gasteiger partial charge in [0.15, 0.2) is 0 Å². The SMILES string of the molecule is Cl.Cl[S][Fe]. The van der Waals surface area contributed by atoms with Gasteiger partial charge in [0.1, 0.15) is 0 Å². The molecule has 0 saturated carbocycles. The first-order valence-electron chi connectivity index (χ1n) is 0.299. The summed E-state index contributed by atoms with van der Waals surface area (Å²) in [5, 5.41) is 0. The van der Waals surface area contributed by atoms with Crippen LogP contribution in [-0.2, 0) is 14.9 Å². The number of hydrogen-bond donors (Lipinski definition) is 0. The molecule has 0 heterocycles. The third-order valence-corrected chi connectivity index (χ3v) is 0. The molecule has 4 heavy (non-hydrogen) atoms. The Hall–Kier alpha value is 1.45. The predicted octanol–water partition coefficient (Wildman–Crippen LogP) is 1.76. The molecule has 0 aromatic carbocycles. The van der Waals surface area contributed by atoms with E-state index >= 15 is 0 Å². The van der Waals surface area contributed by atoms with E-state index in [9.17, 15) is 0 Å². The maximum absolute atomic E-state index is 4.80. The summed E-state index contributed by atoms with van der Waals surface area (Å²) in [6, 6.07) is 0.